The van der Waals surface area contributed by atoms with E-state index >= 15 is 0 Å². The van der Waals surface area contributed by atoms with E-state index in [1.165, 1.54) is 0 Å². The molecule has 1 amide bonds. The standard InChI is InChI=1S/C14H10N2O/c15-14(17)13-9-5-1-3-7-11(9)16-12-8-4-2-6-10(12)13/h1-8H,(H2,15,17)/p+1. The number of primary amides is 1. The van der Waals surface area contributed by atoms with E-state index in [9.17, 15) is 4.79 Å². The van der Waals surface area contributed by atoms with Crippen molar-refractivity contribution in [3.8, 4) is 0 Å². The normalized spacial score (nSPS) is 10.8. The van der Waals surface area contributed by atoms with Crippen LogP contribution in [0.5, 0.6) is 0 Å². The van der Waals surface area contributed by atoms with E-state index in [1.54, 1.807) is 0 Å². The van der Waals surface area contributed by atoms with Gasteiger partial charge in [0.1, 0.15) is 0 Å². The number of amides is 1. The van der Waals surface area contributed by atoms with Crippen molar-refractivity contribution in [2.45, 2.75) is 0 Å². The van der Waals surface area contributed by atoms with E-state index in [0.717, 1.165) is 21.8 Å². The Morgan fingerprint density at radius 1 is 0.882 bits per heavy atom. The van der Waals surface area contributed by atoms with Crippen LogP contribution in [0, 0.1) is 0 Å². The first-order chi connectivity index (χ1) is 8.27. The largest absolute Gasteiger partial charge is 0.366 e. The summed E-state index contributed by atoms with van der Waals surface area (Å²) >= 11 is 0. The van der Waals surface area contributed by atoms with Crippen LogP contribution in [-0.4, -0.2) is 5.91 Å². The predicted octanol–water partition coefficient (Wildman–Crippen LogP) is 1.91. The summed E-state index contributed by atoms with van der Waals surface area (Å²) in [5.41, 5.74) is 7.91. The van der Waals surface area contributed by atoms with Crippen LogP contribution in [0.2, 0.25) is 0 Å². The van der Waals surface area contributed by atoms with Gasteiger partial charge in [-0.05, 0) is 12.1 Å². The van der Waals surface area contributed by atoms with E-state index in [1.807, 2.05) is 48.5 Å². The Morgan fingerprint density at radius 3 is 1.82 bits per heavy atom. The van der Waals surface area contributed by atoms with Gasteiger partial charge in [0.25, 0.3) is 0 Å². The maximum atomic E-state index is 11.6. The Labute approximate surface area is 97.9 Å². The molecule has 3 rings (SSSR count). The highest BCUT2D eigenvalue weighted by atomic mass is 16.1. The SMILES string of the molecule is NC(=O)c1c2ccccc2[nH+]c2ccccc12. The molecule has 0 unspecified atom stereocenters. The highest BCUT2D eigenvalue weighted by molar-refractivity contribution is 6.14. The average molecular weight is 223 g/mol. The summed E-state index contributed by atoms with van der Waals surface area (Å²) in [7, 11) is 0. The lowest BCUT2D eigenvalue weighted by Crippen LogP contribution is -2.16. The zero-order valence-electron chi connectivity index (χ0n) is 9.10. The maximum absolute atomic E-state index is 11.6. The molecule has 0 spiro atoms. The zero-order valence-corrected chi connectivity index (χ0v) is 9.10. The van der Waals surface area contributed by atoms with Crippen molar-refractivity contribution < 1.29 is 9.78 Å². The predicted molar refractivity (Wildman–Crippen MR) is 66.5 cm³/mol. The molecule has 0 bridgehead atoms. The Morgan fingerprint density at radius 2 is 1.35 bits per heavy atom. The lowest BCUT2D eigenvalue weighted by atomic mass is 10.0. The number of para-hydroxylation sites is 2. The molecule has 0 saturated carbocycles. The topological polar surface area (TPSA) is 57.2 Å². The number of pyridine rings is 1. The maximum Gasteiger partial charge on any atom is 0.250 e. The van der Waals surface area contributed by atoms with E-state index in [-0.39, 0.29) is 0 Å². The van der Waals surface area contributed by atoms with Gasteiger partial charge in [-0.25, -0.2) is 4.98 Å². The second kappa shape index (κ2) is 3.56. The van der Waals surface area contributed by atoms with Crippen molar-refractivity contribution in [1.82, 2.24) is 0 Å². The summed E-state index contributed by atoms with van der Waals surface area (Å²) in [4.78, 5) is 14.9. The average Bonchev–Trinajstić information content (AvgIpc) is 2.35. The van der Waals surface area contributed by atoms with Crippen molar-refractivity contribution in [2.24, 2.45) is 5.73 Å². The van der Waals surface area contributed by atoms with Gasteiger partial charge in [0.2, 0.25) is 16.9 Å². The molecule has 0 fully saturated rings. The molecular weight excluding hydrogens is 212 g/mol. The quantitative estimate of drug-likeness (QED) is 0.629. The molecule has 1 heterocycles. The molecule has 0 aliphatic rings. The molecule has 2 aromatic carbocycles. The zero-order chi connectivity index (χ0) is 11.8. The Balaban J connectivity index is 2.61. The molecule has 0 aliphatic carbocycles. The third kappa shape index (κ3) is 1.44. The molecule has 17 heavy (non-hydrogen) atoms. The monoisotopic (exact) mass is 223 g/mol. The molecule has 3 N–H and O–H groups in total. The number of aromatic amines is 1. The van der Waals surface area contributed by atoms with Crippen LogP contribution in [0.1, 0.15) is 10.4 Å². The van der Waals surface area contributed by atoms with Crippen LogP contribution in [0.3, 0.4) is 0 Å². The van der Waals surface area contributed by atoms with Crippen molar-refractivity contribution in [2.75, 3.05) is 0 Å². The van der Waals surface area contributed by atoms with Gasteiger partial charge in [-0.2, -0.15) is 0 Å². The fourth-order valence-corrected chi connectivity index (χ4v) is 2.18. The third-order valence-corrected chi connectivity index (χ3v) is 2.91. The number of aromatic nitrogens is 1. The fraction of sp³-hybridized carbons (Fsp3) is 0. The Hall–Kier alpha value is -2.42. The van der Waals surface area contributed by atoms with Gasteiger partial charge in [-0.15, -0.1) is 0 Å². The minimum absolute atomic E-state index is 0.397. The highest BCUT2D eigenvalue weighted by Crippen LogP contribution is 2.22. The van der Waals surface area contributed by atoms with Gasteiger partial charge < -0.3 is 5.73 Å². The molecule has 3 heteroatoms. The molecular formula is C14H11N2O+. The number of rotatable bonds is 1. The van der Waals surface area contributed by atoms with E-state index < -0.39 is 5.91 Å². The van der Waals surface area contributed by atoms with Crippen molar-refractivity contribution >= 4 is 27.7 Å². The first kappa shape index (κ1) is 9.78. The Kier molecular flexibility index (Phi) is 2.05. The van der Waals surface area contributed by atoms with Gasteiger partial charge in [0, 0.05) is 12.1 Å². The first-order valence-corrected chi connectivity index (χ1v) is 5.40. The summed E-state index contributed by atoms with van der Waals surface area (Å²) < 4.78 is 0. The summed E-state index contributed by atoms with van der Waals surface area (Å²) in [6, 6.07) is 15.3. The Bertz CT molecular complexity index is 680. The summed E-state index contributed by atoms with van der Waals surface area (Å²) in [5.74, 6) is -0.397. The van der Waals surface area contributed by atoms with Crippen molar-refractivity contribution in [3.63, 3.8) is 0 Å². The number of nitrogens with two attached hydrogens (primary N) is 1. The van der Waals surface area contributed by atoms with Gasteiger partial charge in [-0.1, -0.05) is 24.3 Å². The summed E-state index contributed by atoms with van der Waals surface area (Å²) in [5, 5.41) is 1.72. The summed E-state index contributed by atoms with van der Waals surface area (Å²) in [6.07, 6.45) is 0. The minimum Gasteiger partial charge on any atom is -0.366 e. The number of fused-ring (bicyclic) bond motifs is 2. The van der Waals surface area contributed by atoms with Crippen LogP contribution >= 0.6 is 0 Å². The van der Waals surface area contributed by atoms with Crippen LogP contribution in [0.4, 0.5) is 0 Å². The molecule has 3 nitrogen and oxygen atoms in total. The van der Waals surface area contributed by atoms with Gasteiger partial charge in [-0.3, -0.25) is 4.79 Å². The molecule has 0 aliphatic heterocycles. The lowest BCUT2D eigenvalue weighted by molar-refractivity contribution is -0.310. The van der Waals surface area contributed by atoms with Crippen LogP contribution in [-0.2, 0) is 0 Å². The minimum atomic E-state index is -0.397. The third-order valence-electron chi connectivity index (χ3n) is 2.91. The molecule has 3 aromatic rings. The van der Waals surface area contributed by atoms with Crippen LogP contribution in [0.15, 0.2) is 48.5 Å². The number of hydrogen-bond donors (Lipinski definition) is 1. The number of hydrogen-bond acceptors (Lipinski definition) is 1. The number of carbonyl (C=O) groups is 1. The van der Waals surface area contributed by atoms with Crippen LogP contribution < -0.4 is 10.7 Å². The second-order valence-corrected chi connectivity index (χ2v) is 3.96. The highest BCUT2D eigenvalue weighted by Gasteiger charge is 2.16. The van der Waals surface area contributed by atoms with E-state index in [0.29, 0.717) is 5.56 Å². The molecule has 0 saturated heterocycles. The smallest absolute Gasteiger partial charge is 0.250 e. The lowest BCUT2D eigenvalue weighted by Gasteiger charge is -2.02. The van der Waals surface area contributed by atoms with Gasteiger partial charge in [0.15, 0.2) is 0 Å². The molecule has 0 atom stereocenters. The molecule has 0 radical (unpaired) electrons. The number of H-pyrrole nitrogens is 1. The van der Waals surface area contributed by atoms with Gasteiger partial charge >= 0.3 is 0 Å². The number of benzene rings is 2. The molecule has 82 valence electrons. The number of nitrogens with one attached hydrogen (secondary N) is 1. The molecule has 1 aromatic heterocycles. The van der Waals surface area contributed by atoms with E-state index in [2.05, 4.69) is 4.98 Å². The summed E-state index contributed by atoms with van der Waals surface area (Å²) in [6.45, 7) is 0. The van der Waals surface area contributed by atoms with Crippen molar-refractivity contribution in [1.29, 1.82) is 0 Å². The first-order valence-electron chi connectivity index (χ1n) is 5.40. The van der Waals surface area contributed by atoms with Crippen LogP contribution in [0.25, 0.3) is 21.8 Å². The number of carbonyl (C=O) groups excluding carboxylic acids is 1. The fourth-order valence-electron chi connectivity index (χ4n) is 2.18. The van der Waals surface area contributed by atoms with Gasteiger partial charge in [0.05, 0.1) is 16.3 Å². The van der Waals surface area contributed by atoms with Crippen molar-refractivity contribution in [3.05, 3.63) is 54.1 Å². The second-order valence-electron chi connectivity index (χ2n) is 3.96. The van der Waals surface area contributed by atoms with E-state index in [4.69, 9.17) is 5.73 Å².